The van der Waals surface area contributed by atoms with Gasteiger partial charge in [-0.2, -0.15) is 0 Å². The highest BCUT2D eigenvalue weighted by Crippen LogP contribution is 2.59. The number of hydrogen-bond acceptors (Lipinski definition) is 5. The van der Waals surface area contributed by atoms with Crippen LogP contribution < -0.4 is 4.90 Å². The molecule has 0 bridgehead atoms. The van der Waals surface area contributed by atoms with Gasteiger partial charge in [-0.25, -0.2) is 9.97 Å². The summed E-state index contributed by atoms with van der Waals surface area (Å²) in [6, 6.07) is 2.02. The number of hydrogen-bond donors (Lipinski definition) is 0. The number of anilines is 1. The predicted molar refractivity (Wildman–Crippen MR) is 103 cm³/mol. The molecule has 136 valence electrons. The van der Waals surface area contributed by atoms with E-state index in [1.54, 1.807) is 4.90 Å². The Morgan fingerprint density at radius 1 is 1.23 bits per heavy atom. The highest BCUT2D eigenvalue weighted by molar-refractivity contribution is 7.11. The molecule has 1 amide bonds. The summed E-state index contributed by atoms with van der Waals surface area (Å²) in [4.78, 5) is 27.5. The molecular weight excluding hydrogens is 344 g/mol. The van der Waals surface area contributed by atoms with Gasteiger partial charge < -0.3 is 9.80 Å². The fraction of sp³-hybridized carbons (Fsp3) is 0.550. The van der Waals surface area contributed by atoms with Crippen LogP contribution in [0.3, 0.4) is 0 Å². The van der Waals surface area contributed by atoms with Crippen molar-refractivity contribution in [1.29, 1.82) is 0 Å². The van der Waals surface area contributed by atoms with Crippen molar-refractivity contribution in [2.45, 2.75) is 52.6 Å². The summed E-state index contributed by atoms with van der Waals surface area (Å²) >= 11 is 1.90. The van der Waals surface area contributed by atoms with Crippen LogP contribution >= 0.6 is 11.3 Å². The zero-order valence-electron chi connectivity index (χ0n) is 15.8. The van der Waals surface area contributed by atoms with Gasteiger partial charge in [-0.05, 0) is 30.4 Å². The number of rotatable bonds is 2. The van der Waals surface area contributed by atoms with Crippen LogP contribution in [-0.2, 0) is 19.5 Å². The quantitative estimate of drug-likeness (QED) is 0.814. The van der Waals surface area contributed by atoms with E-state index in [9.17, 15) is 4.79 Å². The van der Waals surface area contributed by atoms with Crippen LogP contribution in [0.2, 0.25) is 0 Å². The summed E-state index contributed by atoms with van der Waals surface area (Å²) in [6.07, 6.45) is 2.24. The second-order valence-electron chi connectivity index (χ2n) is 8.62. The van der Waals surface area contributed by atoms with Gasteiger partial charge in [0.25, 0.3) is 5.91 Å². The van der Waals surface area contributed by atoms with Crippen molar-refractivity contribution in [3.8, 4) is 0 Å². The second-order valence-corrected chi connectivity index (χ2v) is 9.74. The van der Waals surface area contributed by atoms with Crippen LogP contribution in [0.4, 0.5) is 5.82 Å². The third-order valence-corrected chi connectivity index (χ3v) is 7.28. The van der Waals surface area contributed by atoms with Crippen LogP contribution in [0.15, 0.2) is 6.07 Å². The first-order valence-electron chi connectivity index (χ1n) is 9.33. The minimum atomic E-state index is 0.0854. The van der Waals surface area contributed by atoms with Crippen LogP contribution in [0, 0.1) is 12.3 Å². The fourth-order valence-electron chi connectivity index (χ4n) is 4.20. The molecule has 1 aliphatic carbocycles. The van der Waals surface area contributed by atoms with E-state index in [1.165, 1.54) is 22.0 Å². The SMILES string of the molecule is Cc1cc2c(nc1N1CCc3nc(C4CC4(C)C)sc3C1)CN(C)C2=O. The predicted octanol–water partition coefficient (Wildman–Crippen LogP) is 3.51. The smallest absolute Gasteiger partial charge is 0.255 e. The number of pyridine rings is 1. The van der Waals surface area contributed by atoms with Crippen LogP contribution in [0.5, 0.6) is 0 Å². The van der Waals surface area contributed by atoms with Gasteiger partial charge in [-0.3, -0.25) is 4.79 Å². The Kier molecular flexibility index (Phi) is 3.30. The lowest BCUT2D eigenvalue weighted by molar-refractivity contribution is 0.0816. The first-order valence-corrected chi connectivity index (χ1v) is 10.1. The molecule has 4 heterocycles. The van der Waals surface area contributed by atoms with Gasteiger partial charge in [-0.1, -0.05) is 13.8 Å². The molecule has 1 atom stereocenters. The number of aryl methyl sites for hydroxylation is 1. The van der Waals surface area contributed by atoms with Gasteiger partial charge in [-0.15, -0.1) is 11.3 Å². The molecule has 1 saturated carbocycles. The average Bonchev–Trinajstić information content (AvgIpc) is 2.93. The zero-order valence-corrected chi connectivity index (χ0v) is 16.6. The molecule has 1 fully saturated rings. The molecular formula is C20H24N4OS. The summed E-state index contributed by atoms with van der Waals surface area (Å²) in [5.74, 6) is 1.76. The Morgan fingerprint density at radius 3 is 2.73 bits per heavy atom. The number of carbonyl (C=O) groups is 1. The largest absolute Gasteiger partial charge is 0.351 e. The van der Waals surface area contributed by atoms with E-state index in [0.29, 0.717) is 17.9 Å². The fourth-order valence-corrected chi connectivity index (χ4v) is 5.64. The summed E-state index contributed by atoms with van der Waals surface area (Å²) in [5, 5.41) is 1.33. The van der Waals surface area contributed by atoms with Crippen molar-refractivity contribution in [2.24, 2.45) is 5.41 Å². The van der Waals surface area contributed by atoms with Gasteiger partial charge in [0.1, 0.15) is 5.82 Å². The summed E-state index contributed by atoms with van der Waals surface area (Å²) in [6.45, 7) is 9.18. The molecule has 0 radical (unpaired) electrons. The Balaban J connectivity index is 1.43. The maximum atomic E-state index is 12.2. The summed E-state index contributed by atoms with van der Waals surface area (Å²) < 4.78 is 0. The maximum Gasteiger partial charge on any atom is 0.255 e. The van der Waals surface area contributed by atoms with E-state index in [2.05, 4.69) is 25.7 Å². The maximum absolute atomic E-state index is 12.2. The van der Waals surface area contributed by atoms with E-state index < -0.39 is 0 Å². The van der Waals surface area contributed by atoms with Crippen molar-refractivity contribution in [1.82, 2.24) is 14.9 Å². The minimum Gasteiger partial charge on any atom is -0.351 e. The number of thiazole rings is 1. The molecule has 1 unspecified atom stereocenters. The van der Waals surface area contributed by atoms with Crippen molar-refractivity contribution in [2.75, 3.05) is 18.5 Å². The van der Waals surface area contributed by atoms with Crippen molar-refractivity contribution in [3.05, 3.63) is 38.5 Å². The molecule has 6 heteroatoms. The van der Waals surface area contributed by atoms with Gasteiger partial charge in [0.05, 0.1) is 35.0 Å². The highest BCUT2D eigenvalue weighted by Gasteiger charge is 2.48. The molecule has 26 heavy (non-hydrogen) atoms. The van der Waals surface area contributed by atoms with Crippen molar-refractivity contribution in [3.63, 3.8) is 0 Å². The van der Waals surface area contributed by atoms with E-state index in [-0.39, 0.29) is 5.91 Å². The molecule has 2 aromatic rings. The first kappa shape index (κ1) is 16.2. The average molecular weight is 369 g/mol. The van der Waals surface area contributed by atoms with Gasteiger partial charge in [0, 0.05) is 30.8 Å². The third-order valence-electron chi connectivity index (χ3n) is 6.09. The highest BCUT2D eigenvalue weighted by atomic mass is 32.1. The minimum absolute atomic E-state index is 0.0854. The van der Waals surface area contributed by atoms with Crippen LogP contribution in [0.1, 0.15) is 63.4 Å². The molecule has 0 N–H and O–H groups in total. The topological polar surface area (TPSA) is 49.3 Å². The Bertz CT molecular complexity index is 932. The monoisotopic (exact) mass is 368 g/mol. The molecule has 2 aliphatic heterocycles. The number of carbonyl (C=O) groups excluding carboxylic acids is 1. The Labute approximate surface area is 158 Å². The van der Waals surface area contributed by atoms with Crippen LogP contribution in [0.25, 0.3) is 0 Å². The third kappa shape index (κ3) is 2.38. The molecule has 5 rings (SSSR count). The number of nitrogens with zero attached hydrogens (tertiary/aromatic N) is 4. The second kappa shape index (κ2) is 5.28. The molecule has 0 spiro atoms. The number of fused-ring (bicyclic) bond motifs is 2. The Morgan fingerprint density at radius 2 is 2.00 bits per heavy atom. The van der Waals surface area contributed by atoms with E-state index in [0.717, 1.165) is 42.1 Å². The molecule has 0 aromatic carbocycles. The Hall–Kier alpha value is -1.95. The van der Waals surface area contributed by atoms with Gasteiger partial charge >= 0.3 is 0 Å². The van der Waals surface area contributed by atoms with Crippen LogP contribution in [-0.4, -0.2) is 34.4 Å². The zero-order chi connectivity index (χ0) is 18.2. The van der Waals surface area contributed by atoms with Crippen molar-refractivity contribution < 1.29 is 4.79 Å². The first-order chi connectivity index (χ1) is 12.3. The van der Waals surface area contributed by atoms with Crippen molar-refractivity contribution >= 4 is 23.1 Å². The summed E-state index contributed by atoms with van der Waals surface area (Å²) in [7, 11) is 1.84. The van der Waals surface area contributed by atoms with Gasteiger partial charge in [0.2, 0.25) is 0 Å². The molecule has 0 saturated heterocycles. The number of amides is 1. The number of aromatic nitrogens is 2. The van der Waals surface area contributed by atoms with Gasteiger partial charge in [0.15, 0.2) is 0 Å². The lowest BCUT2D eigenvalue weighted by atomic mass is 10.1. The van der Waals surface area contributed by atoms with E-state index in [1.807, 2.05) is 24.5 Å². The molecule has 2 aromatic heterocycles. The lowest BCUT2D eigenvalue weighted by Crippen LogP contribution is -2.31. The lowest BCUT2D eigenvalue weighted by Gasteiger charge is -2.28. The molecule has 3 aliphatic rings. The normalized spacial score (nSPS) is 23.2. The standard InChI is InChI=1S/C20H24N4OS/c1-11-7-12-15(9-23(4)19(12)25)21-17(11)24-6-5-14-16(10-24)26-18(22-14)13-8-20(13,2)3/h7,13H,5-6,8-10H2,1-4H3. The molecule has 5 nitrogen and oxygen atoms in total. The summed E-state index contributed by atoms with van der Waals surface area (Å²) in [5.41, 5.74) is 4.48. The van der Waals surface area contributed by atoms with E-state index in [4.69, 9.17) is 9.97 Å². The van der Waals surface area contributed by atoms with E-state index >= 15 is 0 Å².